The number of carbonyl (C=O) groups excluding carboxylic acids is 1. The van der Waals surface area contributed by atoms with E-state index in [0.717, 1.165) is 36.4 Å². The molecule has 0 saturated carbocycles. The van der Waals surface area contributed by atoms with Crippen LogP contribution in [0.1, 0.15) is 25.8 Å². The van der Waals surface area contributed by atoms with Crippen molar-refractivity contribution in [1.29, 1.82) is 0 Å². The fraction of sp³-hybridized carbons (Fsp3) is 0.450. The summed E-state index contributed by atoms with van der Waals surface area (Å²) in [7, 11) is 1.99. The lowest BCUT2D eigenvalue weighted by Crippen LogP contribution is -2.36. The van der Waals surface area contributed by atoms with Gasteiger partial charge in [0.15, 0.2) is 6.23 Å². The third-order valence-electron chi connectivity index (χ3n) is 4.12. The third kappa shape index (κ3) is 4.86. The van der Waals surface area contributed by atoms with Gasteiger partial charge in [-0.25, -0.2) is 4.79 Å². The fourth-order valence-corrected chi connectivity index (χ4v) is 2.93. The molecule has 0 N–H and O–H groups in total. The number of likely N-dealkylation sites (N-methyl/N-ethyl adjacent to an activating group) is 1. The van der Waals surface area contributed by atoms with Crippen LogP contribution in [0.25, 0.3) is 0 Å². The number of fused-ring (bicyclic) bond motifs is 1. The number of ether oxygens (including phenoxy) is 2. The topological polar surface area (TPSA) is 42.0 Å². The third-order valence-corrected chi connectivity index (χ3v) is 4.12. The van der Waals surface area contributed by atoms with Gasteiger partial charge in [0.25, 0.3) is 0 Å². The summed E-state index contributed by atoms with van der Waals surface area (Å²) >= 11 is 0. The van der Waals surface area contributed by atoms with Gasteiger partial charge in [0.1, 0.15) is 5.75 Å². The molecular formula is C20H28N2O3. The zero-order valence-corrected chi connectivity index (χ0v) is 15.4. The van der Waals surface area contributed by atoms with Gasteiger partial charge in [0.05, 0.1) is 12.3 Å². The summed E-state index contributed by atoms with van der Waals surface area (Å²) < 4.78 is 11.3. The molecule has 2 rings (SSSR count). The van der Waals surface area contributed by atoms with Crippen LogP contribution in [-0.4, -0.2) is 44.0 Å². The lowest BCUT2D eigenvalue weighted by Gasteiger charge is -2.30. The zero-order chi connectivity index (χ0) is 18.2. The highest BCUT2D eigenvalue weighted by molar-refractivity contribution is 5.89. The first-order valence-corrected chi connectivity index (χ1v) is 8.78. The van der Waals surface area contributed by atoms with E-state index >= 15 is 0 Å². The van der Waals surface area contributed by atoms with Crippen LogP contribution in [0.5, 0.6) is 5.75 Å². The highest BCUT2D eigenvalue weighted by atomic mass is 16.6. The second-order valence-electron chi connectivity index (χ2n) is 6.01. The maximum absolute atomic E-state index is 12.1. The number of amides is 1. The molecule has 1 heterocycles. The van der Waals surface area contributed by atoms with Gasteiger partial charge < -0.3 is 9.47 Å². The van der Waals surface area contributed by atoms with Crippen molar-refractivity contribution in [3.8, 4) is 5.75 Å². The second-order valence-corrected chi connectivity index (χ2v) is 6.01. The van der Waals surface area contributed by atoms with Crippen LogP contribution in [0.15, 0.2) is 43.0 Å². The van der Waals surface area contributed by atoms with Crippen LogP contribution < -0.4 is 9.64 Å². The smallest absolute Gasteiger partial charge is 0.414 e. The maximum atomic E-state index is 12.1. The molecule has 0 aromatic heterocycles. The molecule has 0 aliphatic carbocycles. The molecule has 1 aromatic rings. The maximum Gasteiger partial charge on any atom is 0.414 e. The molecule has 1 amide bonds. The van der Waals surface area contributed by atoms with Crippen molar-refractivity contribution in [1.82, 2.24) is 4.90 Å². The van der Waals surface area contributed by atoms with E-state index in [-0.39, 0.29) is 12.3 Å². The number of hydrogen-bond donors (Lipinski definition) is 0. The molecule has 1 unspecified atom stereocenters. The van der Waals surface area contributed by atoms with Crippen molar-refractivity contribution in [3.05, 3.63) is 48.6 Å². The summed E-state index contributed by atoms with van der Waals surface area (Å²) in [5.41, 5.74) is 2.03. The monoisotopic (exact) mass is 344 g/mol. The summed E-state index contributed by atoms with van der Waals surface area (Å²) in [6, 6.07) is 5.88. The number of nitrogens with zero attached hydrogens (tertiary/aromatic N) is 2. The fourth-order valence-electron chi connectivity index (χ4n) is 2.93. The molecule has 0 radical (unpaired) electrons. The van der Waals surface area contributed by atoms with Crippen LogP contribution in [0.3, 0.4) is 0 Å². The first-order valence-electron chi connectivity index (χ1n) is 8.78. The van der Waals surface area contributed by atoms with Gasteiger partial charge in [-0.05, 0) is 63.6 Å². The second kappa shape index (κ2) is 9.28. The van der Waals surface area contributed by atoms with E-state index in [9.17, 15) is 4.79 Å². The first kappa shape index (κ1) is 19.1. The molecule has 0 spiro atoms. The molecule has 5 nitrogen and oxygen atoms in total. The van der Waals surface area contributed by atoms with Crippen molar-refractivity contribution in [2.45, 2.75) is 32.9 Å². The number of benzene rings is 1. The molecule has 1 aromatic carbocycles. The van der Waals surface area contributed by atoms with Crippen LogP contribution >= 0.6 is 0 Å². The quantitative estimate of drug-likeness (QED) is 0.554. The minimum atomic E-state index is -0.283. The Balaban J connectivity index is 2.19. The van der Waals surface area contributed by atoms with Gasteiger partial charge >= 0.3 is 6.09 Å². The largest absolute Gasteiger partial charge is 0.472 e. The number of allylic oxidation sites excluding steroid dienone is 1. The minimum Gasteiger partial charge on any atom is -0.472 e. The molecule has 5 heteroatoms. The Kier molecular flexibility index (Phi) is 7.07. The minimum absolute atomic E-state index is 0.161. The zero-order valence-electron chi connectivity index (χ0n) is 15.4. The van der Waals surface area contributed by atoms with E-state index in [1.807, 2.05) is 57.3 Å². The number of anilines is 1. The summed E-state index contributed by atoms with van der Waals surface area (Å²) in [6.45, 7) is 9.38. The Bertz CT molecular complexity index is 627. The molecule has 0 fully saturated rings. The highest BCUT2D eigenvalue weighted by Crippen LogP contribution is 2.31. The molecule has 25 heavy (non-hydrogen) atoms. The number of carbonyl (C=O) groups is 1. The van der Waals surface area contributed by atoms with Gasteiger partial charge in [0, 0.05) is 13.1 Å². The van der Waals surface area contributed by atoms with Crippen molar-refractivity contribution in [2.24, 2.45) is 0 Å². The lowest BCUT2D eigenvalue weighted by molar-refractivity contribution is 0.0947. The van der Waals surface area contributed by atoms with E-state index in [1.165, 1.54) is 0 Å². The molecule has 0 saturated heterocycles. The summed E-state index contributed by atoms with van der Waals surface area (Å²) in [4.78, 5) is 15.9. The van der Waals surface area contributed by atoms with Crippen LogP contribution in [0.2, 0.25) is 0 Å². The van der Waals surface area contributed by atoms with Gasteiger partial charge in [-0.1, -0.05) is 12.2 Å². The van der Waals surface area contributed by atoms with E-state index in [1.54, 1.807) is 4.90 Å². The Morgan fingerprint density at radius 3 is 2.96 bits per heavy atom. The summed E-state index contributed by atoms with van der Waals surface area (Å²) in [5.74, 6) is 0.795. The Morgan fingerprint density at radius 2 is 2.28 bits per heavy atom. The normalized spacial score (nSPS) is 15.1. The van der Waals surface area contributed by atoms with E-state index in [4.69, 9.17) is 9.47 Å². The Morgan fingerprint density at radius 1 is 1.48 bits per heavy atom. The SMILES string of the molecule is C=CCN(C)C(C=CC)Oc1ccc2c(c1)CCCN2C(=O)OCC. The average molecular weight is 344 g/mol. The predicted molar refractivity (Wildman–Crippen MR) is 101 cm³/mol. The molecule has 1 aliphatic rings. The molecule has 1 aliphatic heterocycles. The summed E-state index contributed by atoms with van der Waals surface area (Å²) in [6.07, 6.45) is 7.24. The highest BCUT2D eigenvalue weighted by Gasteiger charge is 2.24. The Hall–Kier alpha value is -2.27. The molecule has 1 atom stereocenters. The summed E-state index contributed by atoms with van der Waals surface area (Å²) in [5, 5.41) is 0. The molecular weight excluding hydrogens is 316 g/mol. The van der Waals surface area contributed by atoms with Crippen molar-refractivity contribution >= 4 is 11.8 Å². The van der Waals surface area contributed by atoms with Gasteiger partial charge in [0.2, 0.25) is 0 Å². The standard InChI is InChI=1S/C20H28N2O3/c1-5-9-19(21(4)13-6-2)25-17-11-12-18-16(15-17)10-8-14-22(18)20(23)24-7-3/h5-6,9,11-12,15,19H,2,7-8,10,13-14H2,1,3-4H3. The van der Waals surface area contributed by atoms with Gasteiger partial charge in [-0.15, -0.1) is 6.58 Å². The number of hydrogen-bond acceptors (Lipinski definition) is 4. The number of aryl methyl sites for hydroxylation is 1. The van der Waals surface area contributed by atoms with Crippen molar-refractivity contribution in [2.75, 3.05) is 31.6 Å². The van der Waals surface area contributed by atoms with Gasteiger partial charge in [-0.2, -0.15) is 0 Å². The first-order chi connectivity index (χ1) is 12.1. The van der Waals surface area contributed by atoms with E-state index in [0.29, 0.717) is 13.2 Å². The van der Waals surface area contributed by atoms with Crippen LogP contribution in [0.4, 0.5) is 10.5 Å². The van der Waals surface area contributed by atoms with Crippen molar-refractivity contribution < 1.29 is 14.3 Å². The van der Waals surface area contributed by atoms with E-state index in [2.05, 4.69) is 11.5 Å². The lowest BCUT2D eigenvalue weighted by atomic mass is 10.0. The number of rotatable bonds is 7. The predicted octanol–water partition coefficient (Wildman–Crippen LogP) is 3.99. The average Bonchev–Trinajstić information content (AvgIpc) is 2.61. The van der Waals surface area contributed by atoms with Crippen LogP contribution in [-0.2, 0) is 11.2 Å². The van der Waals surface area contributed by atoms with Crippen LogP contribution in [0, 0.1) is 0 Å². The Labute approximate surface area is 150 Å². The van der Waals surface area contributed by atoms with Crippen molar-refractivity contribution in [3.63, 3.8) is 0 Å². The molecule has 0 bridgehead atoms. The van der Waals surface area contributed by atoms with Gasteiger partial charge in [-0.3, -0.25) is 9.80 Å². The molecule has 136 valence electrons. The van der Waals surface area contributed by atoms with E-state index < -0.39 is 0 Å².